The summed E-state index contributed by atoms with van der Waals surface area (Å²) in [4.78, 5) is -0.689. The molecule has 0 bridgehead atoms. The van der Waals surface area contributed by atoms with E-state index in [1.807, 2.05) is 0 Å². The highest BCUT2D eigenvalue weighted by Gasteiger charge is 2.16. The molecule has 0 amide bonds. The van der Waals surface area contributed by atoms with E-state index in [0.717, 1.165) is 6.07 Å². The molecule has 0 aromatic heterocycles. The number of hydrogen-bond donors (Lipinski definition) is 1. The number of sulfonamides is 1. The van der Waals surface area contributed by atoms with Crippen molar-refractivity contribution in [2.24, 2.45) is 5.14 Å². The second kappa shape index (κ2) is 3.04. The van der Waals surface area contributed by atoms with E-state index in [-0.39, 0.29) is 5.56 Å². The van der Waals surface area contributed by atoms with Crippen molar-refractivity contribution < 1.29 is 17.2 Å². The fourth-order valence-electron chi connectivity index (χ4n) is 0.849. The molecule has 1 aromatic carbocycles. The van der Waals surface area contributed by atoms with Crippen molar-refractivity contribution in [1.82, 2.24) is 0 Å². The molecule has 0 aliphatic rings. The maximum absolute atomic E-state index is 12.8. The Morgan fingerprint density at radius 1 is 1.23 bits per heavy atom. The monoisotopic (exact) mass is 207 g/mol. The third-order valence-corrected chi connectivity index (χ3v) is 2.45. The lowest BCUT2D eigenvalue weighted by atomic mass is 10.2. The van der Waals surface area contributed by atoms with Crippen LogP contribution >= 0.6 is 0 Å². The Labute approximate surface area is 74.2 Å². The van der Waals surface area contributed by atoms with Gasteiger partial charge in [0.15, 0.2) is 0 Å². The van der Waals surface area contributed by atoms with Crippen LogP contribution in [0.15, 0.2) is 17.0 Å². The lowest BCUT2D eigenvalue weighted by Gasteiger charge is -2.02. The van der Waals surface area contributed by atoms with Gasteiger partial charge in [0.25, 0.3) is 0 Å². The first-order valence-corrected chi connectivity index (χ1v) is 4.85. The summed E-state index contributed by atoms with van der Waals surface area (Å²) >= 11 is 0. The SMILES string of the molecule is Cc1cc(S(N)(=O)=O)c(F)cc1F. The molecule has 1 aromatic rings. The predicted octanol–water partition coefficient (Wildman–Crippen LogP) is 0.921. The molecule has 6 heteroatoms. The molecule has 0 atom stereocenters. The molecule has 0 fully saturated rings. The van der Waals surface area contributed by atoms with Gasteiger partial charge in [0.2, 0.25) is 10.0 Å². The summed E-state index contributed by atoms with van der Waals surface area (Å²) in [7, 11) is -4.11. The number of hydrogen-bond acceptors (Lipinski definition) is 2. The number of benzene rings is 1. The summed E-state index contributed by atoms with van der Waals surface area (Å²) in [6.07, 6.45) is 0. The smallest absolute Gasteiger partial charge is 0.225 e. The van der Waals surface area contributed by atoms with E-state index >= 15 is 0 Å². The summed E-state index contributed by atoms with van der Waals surface area (Å²) in [6.45, 7) is 1.32. The Kier molecular flexibility index (Phi) is 2.36. The van der Waals surface area contributed by atoms with Crippen LogP contribution in [0, 0.1) is 18.6 Å². The van der Waals surface area contributed by atoms with Crippen LogP contribution in [0.4, 0.5) is 8.78 Å². The molecule has 72 valence electrons. The first kappa shape index (κ1) is 10.1. The zero-order valence-corrected chi connectivity index (χ0v) is 7.53. The lowest BCUT2D eigenvalue weighted by Crippen LogP contribution is -2.14. The topological polar surface area (TPSA) is 60.2 Å². The van der Waals surface area contributed by atoms with Crippen molar-refractivity contribution in [3.05, 3.63) is 29.3 Å². The molecule has 2 N–H and O–H groups in total. The highest BCUT2D eigenvalue weighted by atomic mass is 32.2. The second-order valence-electron chi connectivity index (χ2n) is 2.58. The molecule has 0 spiro atoms. The van der Waals surface area contributed by atoms with Gasteiger partial charge in [-0.2, -0.15) is 0 Å². The van der Waals surface area contributed by atoms with Crippen molar-refractivity contribution in [1.29, 1.82) is 0 Å². The van der Waals surface area contributed by atoms with E-state index in [4.69, 9.17) is 0 Å². The number of rotatable bonds is 1. The number of nitrogens with two attached hydrogens (primary N) is 1. The van der Waals surface area contributed by atoms with Gasteiger partial charge in [0, 0.05) is 6.07 Å². The standard InChI is InChI=1S/C7H7F2NO2S/c1-4-2-7(13(10,11)12)6(9)3-5(4)8/h2-3H,1H3,(H2,10,11,12). The van der Waals surface area contributed by atoms with Crippen LogP contribution in [0.2, 0.25) is 0 Å². The van der Waals surface area contributed by atoms with Gasteiger partial charge >= 0.3 is 0 Å². The van der Waals surface area contributed by atoms with Crippen molar-refractivity contribution in [3.63, 3.8) is 0 Å². The minimum absolute atomic E-state index is 0.0328. The maximum atomic E-state index is 12.8. The summed E-state index contributed by atoms with van der Waals surface area (Å²) in [5, 5.41) is 4.69. The number of primary sulfonamides is 1. The molecular formula is C7H7F2NO2S. The average Bonchev–Trinajstić information content (AvgIpc) is 1.94. The van der Waals surface area contributed by atoms with Crippen LogP contribution in [-0.2, 0) is 10.0 Å². The molecule has 0 unspecified atom stereocenters. The van der Waals surface area contributed by atoms with Crippen LogP contribution in [-0.4, -0.2) is 8.42 Å². The van der Waals surface area contributed by atoms with Crippen molar-refractivity contribution in [2.45, 2.75) is 11.8 Å². The molecule has 13 heavy (non-hydrogen) atoms. The van der Waals surface area contributed by atoms with Crippen molar-refractivity contribution in [2.75, 3.05) is 0 Å². The molecule has 0 aliphatic carbocycles. The summed E-state index contributed by atoms with van der Waals surface area (Å²) in [5.74, 6) is -1.98. The van der Waals surface area contributed by atoms with Gasteiger partial charge < -0.3 is 0 Å². The molecule has 1 rings (SSSR count). The van der Waals surface area contributed by atoms with Gasteiger partial charge in [0.1, 0.15) is 16.5 Å². The Morgan fingerprint density at radius 2 is 1.77 bits per heavy atom. The zero-order chi connectivity index (χ0) is 10.2. The van der Waals surface area contributed by atoms with Crippen LogP contribution in [0.1, 0.15) is 5.56 Å². The van der Waals surface area contributed by atoms with Gasteiger partial charge in [-0.3, -0.25) is 0 Å². The average molecular weight is 207 g/mol. The summed E-state index contributed by atoms with van der Waals surface area (Å²) in [5.41, 5.74) is 0.0328. The second-order valence-corrected chi connectivity index (χ2v) is 4.11. The first-order chi connectivity index (χ1) is 5.82. The molecule has 0 aliphatic heterocycles. The minimum atomic E-state index is -4.11. The molecule has 0 saturated heterocycles. The minimum Gasteiger partial charge on any atom is -0.225 e. The highest BCUT2D eigenvalue weighted by Crippen LogP contribution is 2.17. The first-order valence-electron chi connectivity index (χ1n) is 3.31. The Hall–Kier alpha value is -1.01. The fraction of sp³-hybridized carbons (Fsp3) is 0.143. The molecule has 0 saturated carbocycles. The molecule has 0 heterocycles. The Bertz CT molecular complexity index is 442. The van der Waals surface area contributed by atoms with E-state index in [2.05, 4.69) is 5.14 Å². The van der Waals surface area contributed by atoms with Gasteiger partial charge in [-0.05, 0) is 18.6 Å². The third kappa shape index (κ3) is 2.02. The molecular weight excluding hydrogens is 200 g/mol. The van der Waals surface area contributed by atoms with E-state index < -0.39 is 26.6 Å². The van der Waals surface area contributed by atoms with Gasteiger partial charge in [0.05, 0.1) is 0 Å². The summed E-state index contributed by atoms with van der Waals surface area (Å²) < 4.78 is 47.0. The Morgan fingerprint density at radius 3 is 2.23 bits per heavy atom. The fourth-order valence-corrected chi connectivity index (χ4v) is 1.52. The predicted molar refractivity (Wildman–Crippen MR) is 42.5 cm³/mol. The molecule has 0 radical (unpaired) electrons. The molecule has 3 nitrogen and oxygen atoms in total. The largest absolute Gasteiger partial charge is 0.240 e. The van der Waals surface area contributed by atoms with Crippen LogP contribution < -0.4 is 5.14 Å². The quantitative estimate of drug-likeness (QED) is 0.744. The van der Waals surface area contributed by atoms with Crippen molar-refractivity contribution in [3.8, 4) is 0 Å². The van der Waals surface area contributed by atoms with Gasteiger partial charge in [-0.25, -0.2) is 22.3 Å². The maximum Gasteiger partial charge on any atom is 0.240 e. The highest BCUT2D eigenvalue weighted by molar-refractivity contribution is 7.89. The van der Waals surface area contributed by atoms with Crippen LogP contribution in [0.5, 0.6) is 0 Å². The van der Waals surface area contributed by atoms with E-state index in [0.29, 0.717) is 6.07 Å². The number of aryl methyl sites for hydroxylation is 1. The van der Waals surface area contributed by atoms with E-state index in [1.165, 1.54) is 6.92 Å². The van der Waals surface area contributed by atoms with Gasteiger partial charge in [-0.15, -0.1) is 0 Å². The summed E-state index contributed by atoms with van der Waals surface area (Å²) in [6, 6.07) is 1.36. The van der Waals surface area contributed by atoms with Gasteiger partial charge in [-0.1, -0.05) is 0 Å². The normalized spacial score (nSPS) is 11.7. The Balaban J connectivity index is 3.50. The third-order valence-electron chi connectivity index (χ3n) is 1.52. The number of halogens is 2. The van der Waals surface area contributed by atoms with E-state index in [1.54, 1.807) is 0 Å². The lowest BCUT2D eigenvalue weighted by molar-refractivity contribution is 0.546. The zero-order valence-electron chi connectivity index (χ0n) is 6.71. The van der Waals surface area contributed by atoms with Crippen LogP contribution in [0.25, 0.3) is 0 Å². The van der Waals surface area contributed by atoms with Crippen LogP contribution in [0.3, 0.4) is 0 Å². The van der Waals surface area contributed by atoms with E-state index in [9.17, 15) is 17.2 Å². The van der Waals surface area contributed by atoms with Crippen molar-refractivity contribution >= 4 is 10.0 Å².